The zero-order chi connectivity index (χ0) is 17.4. The van der Waals surface area contributed by atoms with E-state index in [0.717, 1.165) is 27.6 Å². The van der Waals surface area contributed by atoms with Gasteiger partial charge in [-0.15, -0.1) is 22.7 Å². The van der Waals surface area contributed by atoms with E-state index in [1.807, 2.05) is 41.1 Å². The Kier molecular flexibility index (Phi) is 3.92. The van der Waals surface area contributed by atoms with Gasteiger partial charge in [-0.2, -0.15) is 5.26 Å². The van der Waals surface area contributed by atoms with E-state index in [1.54, 1.807) is 23.7 Å². The fourth-order valence-corrected chi connectivity index (χ4v) is 4.26. The SMILES string of the molecule is Cc1cn2c(/C=C(\C#N)c3nc(-c4ccncc4)cs3)c(C)nc2s1. The number of thiazole rings is 2. The molecule has 0 N–H and O–H groups in total. The summed E-state index contributed by atoms with van der Waals surface area (Å²) < 4.78 is 2.03. The molecule has 5 nitrogen and oxygen atoms in total. The van der Waals surface area contributed by atoms with E-state index in [-0.39, 0.29) is 0 Å². The molecule has 4 aromatic heterocycles. The standard InChI is InChI=1S/C18H13N5S2/c1-11-9-23-16(12(2)21-18(23)25-11)7-14(8-19)17-22-15(10-24-17)13-3-5-20-6-4-13/h3-7,9-10H,1-2H3/b14-7+. The Morgan fingerprint density at radius 1 is 1.24 bits per heavy atom. The van der Waals surface area contributed by atoms with E-state index in [0.29, 0.717) is 10.6 Å². The third kappa shape index (κ3) is 2.86. The summed E-state index contributed by atoms with van der Waals surface area (Å²) in [5, 5.41) is 12.3. The van der Waals surface area contributed by atoms with Gasteiger partial charge in [-0.1, -0.05) is 0 Å². The molecule has 7 heteroatoms. The summed E-state index contributed by atoms with van der Waals surface area (Å²) in [5.41, 5.74) is 4.22. The lowest BCUT2D eigenvalue weighted by molar-refractivity contribution is 1.18. The van der Waals surface area contributed by atoms with Crippen molar-refractivity contribution in [1.29, 1.82) is 5.26 Å². The molecule has 0 bridgehead atoms. The number of allylic oxidation sites excluding steroid dienone is 1. The van der Waals surface area contributed by atoms with Crippen LogP contribution in [0.2, 0.25) is 0 Å². The van der Waals surface area contributed by atoms with Crippen LogP contribution in [0.5, 0.6) is 0 Å². The first-order chi connectivity index (χ1) is 12.2. The van der Waals surface area contributed by atoms with Gasteiger partial charge in [0.05, 0.1) is 22.7 Å². The first kappa shape index (κ1) is 15.7. The predicted octanol–water partition coefficient (Wildman–Crippen LogP) is 4.60. The second-order valence-corrected chi connectivity index (χ2v) is 7.59. The molecule has 4 aromatic rings. The van der Waals surface area contributed by atoms with Gasteiger partial charge in [-0.25, -0.2) is 9.97 Å². The quantitative estimate of drug-likeness (QED) is 0.499. The third-order valence-electron chi connectivity index (χ3n) is 3.78. The molecule has 0 radical (unpaired) electrons. The minimum Gasteiger partial charge on any atom is -0.290 e. The number of fused-ring (bicyclic) bond motifs is 1. The summed E-state index contributed by atoms with van der Waals surface area (Å²) in [6.45, 7) is 4.01. The number of aryl methyl sites for hydroxylation is 2. The molecule has 0 unspecified atom stereocenters. The Balaban J connectivity index is 1.78. The molecule has 0 aliphatic carbocycles. The van der Waals surface area contributed by atoms with Gasteiger partial charge in [-0.05, 0) is 32.1 Å². The van der Waals surface area contributed by atoms with Crippen LogP contribution >= 0.6 is 22.7 Å². The van der Waals surface area contributed by atoms with Gasteiger partial charge in [0.15, 0.2) is 4.96 Å². The van der Waals surface area contributed by atoms with Crippen molar-refractivity contribution >= 4 is 39.3 Å². The number of hydrogen-bond donors (Lipinski definition) is 0. The fourth-order valence-electron chi connectivity index (χ4n) is 2.59. The molecular weight excluding hydrogens is 350 g/mol. The van der Waals surface area contributed by atoms with Crippen molar-refractivity contribution < 1.29 is 0 Å². The molecule has 122 valence electrons. The summed E-state index contributed by atoms with van der Waals surface area (Å²) >= 11 is 3.11. The van der Waals surface area contributed by atoms with E-state index >= 15 is 0 Å². The van der Waals surface area contributed by atoms with Crippen molar-refractivity contribution in [1.82, 2.24) is 19.4 Å². The molecular formula is C18H13N5S2. The first-order valence-corrected chi connectivity index (χ1v) is 9.28. The molecule has 0 saturated carbocycles. The minimum absolute atomic E-state index is 0.541. The van der Waals surface area contributed by atoms with E-state index in [2.05, 4.69) is 27.9 Å². The topological polar surface area (TPSA) is 66.9 Å². The van der Waals surface area contributed by atoms with Gasteiger partial charge in [0.25, 0.3) is 0 Å². The number of imidazole rings is 1. The maximum atomic E-state index is 9.64. The summed E-state index contributed by atoms with van der Waals surface area (Å²) in [4.78, 5) is 15.3. The van der Waals surface area contributed by atoms with E-state index in [1.165, 1.54) is 16.2 Å². The average molecular weight is 363 g/mol. The number of rotatable bonds is 3. The number of hydrogen-bond acceptors (Lipinski definition) is 6. The molecule has 0 spiro atoms. The molecule has 0 fully saturated rings. The Hall–Kier alpha value is -2.82. The van der Waals surface area contributed by atoms with Gasteiger partial charge in [-0.3, -0.25) is 9.38 Å². The van der Waals surface area contributed by atoms with E-state index < -0.39 is 0 Å². The normalized spacial score (nSPS) is 11.8. The van der Waals surface area contributed by atoms with Crippen molar-refractivity contribution in [3.63, 3.8) is 0 Å². The molecule has 25 heavy (non-hydrogen) atoms. The fraction of sp³-hybridized carbons (Fsp3) is 0.111. The molecule has 0 atom stereocenters. The lowest BCUT2D eigenvalue weighted by Crippen LogP contribution is -1.88. The van der Waals surface area contributed by atoms with Crippen molar-refractivity contribution in [3.05, 3.63) is 57.4 Å². The van der Waals surface area contributed by atoms with E-state index in [9.17, 15) is 5.26 Å². The predicted molar refractivity (Wildman–Crippen MR) is 101 cm³/mol. The summed E-state index contributed by atoms with van der Waals surface area (Å²) in [6, 6.07) is 6.10. The second-order valence-electron chi connectivity index (χ2n) is 5.52. The monoisotopic (exact) mass is 363 g/mol. The molecule has 0 aliphatic rings. The summed E-state index contributed by atoms with van der Waals surface area (Å²) in [5.74, 6) is 0. The van der Waals surface area contributed by atoms with Crippen LogP contribution in [0.15, 0.2) is 36.1 Å². The van der Waals surface area contributed by atoms with Crippen LogP contribution in [-0.4, -0.2) is 19.4 Å². The first-order valence-electron chi connectivity index (χ1n) is 7.59. The molecule has 0 amide bonds. The van der Waals surface area contributed by atoms with Crippen molar-refractivity contribution in [2.24, 2.45) is 0 Å². The van der Waals surface area contributed by atoms with Gasteiger partial charge in [0.1, 0.15) is 11.1 Å². The minimum atomic E-state index is 0.541. The van der Waals surface area contributed by atoms with Gasteiger partial charge in [0, 0.05) is 34.4 Å². The molecule has 0 saturated heterocycles. The maximum Gasteiger partial charge on any atom is 0.194 e. The van der Waals surface area contributed by atoms with Crippen molar-refractivity contribution in [2.45, 2.75) is 13.8 Å². The smallest absolute Gasteiger partial charge is 0.194 e. The Morgan fingerprint density at radius 2 is 2.04 bits per heavy atom. The largest absolute Gasteiger partial charge is 0.290 e. The Bertz CT molecular complexity index is 1130. The van der Waals surface area contributed by atoms with Crippen molar-refractivity contribution in [2.75, 3.05) is 0 Å². The summed E-state index contributed by atoms with van der Waals surface area (Å²) in [6.07, 6.45) is 7.39. The zero-order valence-electron chi connectivity index (χ0n) is 13.6. The van der Waals surface area contributed by atoms with Crippen LogP contribution in [0, 0.1) is 25.2 Å². The molecule has 4 heterocycles. The highest BCUT2D eigenvalue weighted by molar-refractivity contribution is 7.17. The lowest BCUT2D eigenvalue weighted by Gasteiger charge is -1.97. The highest BCUT2D eigenvalue weighted by atomic mass is 32.1. The molecule has 0 aliphatic heterocycles. The van der Waals surface area contributed by atoms with Crippen LogP contribution in [0.25, 0.3) is 27.9 Å². The second kappa shape index (κ2) is 6.24. The number of pyridine rings is 1. The van der Waals surface area contributed by atoms with Gasteiger partial charge >= 0.3 is 0 Å². The summed E-state index contributed by atoms with van der Waals surface area (Å²) in [7, 11) is 0. The number of nitriles is 1. The molecule has 4 rings (SSSR count). The van der Waals surface area contributed by atoms with Gasteiger partial charge in [0.2, 0.25) is 0 Å². The highest BCUT2D eigenvalue weighted by Gasteiger charge is 2.13. The van der Waals surface area contributed by atoms with Crippen LogP contribution in [0.1, 0.15) is 21.3 Å². The Morgan fingerprint density at radius 3 is 2.80 bits per heavy atom. The number of aromatic nitrogens is 4. The van der Waals surface area contributed by atoms with E-state index in [4.69, 9.17) is 0 Å². The molecule has 0 aromatic carbocycles. The van der Waals surface area contributed by atoms with Crippen LogP contribution in [-0.2, 0) is 0 Å². The zero-order valence-corrected chi connectivity index (χ0v) is 15.2. The highest BCUT2D eigenvalue weighted by Crippen LogP contribution is 2.28. The lowest BCUT2D eigenvalue weighted by atomic mass is 10.2. The maximum absolute atomic E-state index is 9.64. The number of nitrogens with zero attached hydrogens (tertiary/aromatic N) is 5. The van der Waals surface area contributed by atoms with Crippen LogP contribution in [0.3, 0.4) is 0 Å². The van der Waals surface area contributed by atoms with Gasteiger partial charge < -0.3 is 0 Å². The van der Waals surface area contributed by atoms with Crippen molar-refractivity contribution in [3.8, 4) is 17.3 Å². The average Bonchev–Trinajstić information content (AvgIpc) is 3.29. The third-order valence-corrected chi connectivity index (χ3v) is 5.55. The van der Waals surface area contributed by atoms with Crippen LogP contribution in [0.4, 0.5) is 0 Å². The van der Waals surface area contributed by atoms with Crippen LogP contribution < -0.4 is 0 Å². The Labute approximate surface area is 152 Å².